The Labute approximate surface area is 139 Å². The molecule has 2 aromatic heterocycles. The maximum atomic E-state index is 12.1. The molecule has 8 heteroatoms. The second-order valence-corrected chi connectivity index (χ2v) is 6.02. The third kappa shape index (κ3) is 2.98. The van der Waals surface area contributed by atoms with Gasteiger partial charge in [-0.1, -0.05) is 0 Å². The molecular weight excluding hydrogens is 310 g/mol. The Hall–Kier alpha value is -2.45. The highest BCUT2D eigenvalue weighted by Gasteiger charge is 2.35. The number of pyridine rings is 1. The molecule has 1 fully saturated rings. The number of carbonyl (C=O) groups excluding carboxylic acids is 2. The number of β-amino-alcohol motifs (C(OH)–C–C–N with tert-alkyl or cyclic N) is 1. The molecule has 3 heterocycles. The minimum absolute atomic E-state index is 0.00996. The minimum Gasteiger partial charge on any atom is -0.389 e. The van der Waals surface area contributed by atoms with Gasteiger partial charge < -0.3 is 26.0 Å². The van der Waals surface area contributed by atoms with Gasteiger partial charge in [0.1, 0.15) is 11.3 Å². The quantitative estimate of drug-likeness (QED) is 0.688. The van der Waals surface area contributed by atoms with E-state index >= 15 is 0 Å². The molecule has 1 saturated heterocycles. The Morgan fingerprint density at radius 1 is 1.29 bits per heavy atom. The Morgan fingerprint density at radius 2 is 2.08 bits per heavy atom. The molecule has 128 valence electrons. The largest absolute Gasteiger partial charge is 0.389 e. The van der Waals surface area contributed by atoms with E-state index in [9.17, 15) is 14.7 Å². The summed E-state index contributed by atoms with van der Waals surface area (Å²) < 4.78 is 1.81. The average molecular weight is 331 g/mol. The lowest BCUT2D eigenvalue weighted by molar-refractivity contribution is -0.130. The molecule has 0 aliphatic carbocycles. The average Bonchev–Trinajstić information content (AvgIpc) is 3.15. The van der Waals surface area contributed by atoms with Crippen molar-refractivity contribution in [3.8, 4) is 0 Å². The zero-order valence-electron chi connectivity index (χ0n) is 13.3. The summed E-state index contributed by atoms with van der Waals surface area (Å²) in [6.45, 7) is 1.15. The van der Waals surface area contributed by atoms with Crippen LogP contribution in [-0.4, -0.2) is 57.1 Å². The van der Waals surface area contributed by atoms with E-state index in [-0.39, 0.29) is 24.2 Å². The van der Waals surface area contributed by atoms with E-state index < -0.39 is 12.0 Å². The number of rotatable bonds is 5. The van der Waals surface area contributed by atoms with E-state index in [0.717, 1.165) is 5.39 Å². The number of hydrogen-bond acceptors (Lipinski definition) is 5. The van der Waals surface area contributed by atoms with Crippen LogP contribution < -0.4 is 11.5 Å². The van der Waals surface area contributed by atoms with Crippen LogP contribution in [0.3, 0.4) is 0 Å². The number of primary amides is 1. The lowest BCUT2D eigenvalue weighted by Gasteiger charge is -2.17. The number of aliphatic hydroxyl groups excluding tert-OH is 1. The minimum atomic E-state index is -0.693. The zero-order chi connectivity index (χ0) is 17.3. The predicted molar refractivity (Wildman–Crippen MR) is 88.2 cm³/mol. The molecular formula is C16H21N5O3. The first-order valence-electron chi connectivity index (χ1n) is 7.94. The number of nitrogens with two attached hydrogens (primary N) is 2. The molecule has 1 aliphatic rings. The summed E-state index contributed by atoms with van der Waals surface area (Å²) in [6.07, 6.45) is 2.13. The van der Waals surface area contributed by atoms with Crippen molar-refractivity contribution < 1.29 is 14.7 Å². The van der Waals surface area contributed by atoms with E-state index in [1.54, 1.807) is 17.0 Å². The third-order valence-electron chi connectivity index (χ3n) is 4.38. The molecule has 5 N–H and O–H groups in total. The highest BCUT2D eigenvalue weighted by molar-refractivity contribution is 5.93. The smallest absolute Gasteiger partial charge is 0.267 e. The molecule has 8 nitrogen and oxygen atoms in total. The van der Waals surface area contributed by atoms with Gasteiger partial charge in [-0.05, 0) is 31.2 Å². The topological polar surface area (TPSA) is 127 Å². The van der Waals surface area contributed by atoms with Gasteiger partial charge >= 0.3 is 0 Å². The number of carbonyl (C=O) groups is 2. The van der Waals surface area contributed by atoms with Crippen molar-refractivity contribution in [3.05, 3.63) is 30.1 Å². The van der Waals surface area contributed by atoms with Gasteiger partial charge in [0, 0.05) is 31.1 Å². The van der Waals surface area contributed by atoms with Gasteiger partial charge in [-0.25, -0.2) is 4.98 Å². The SMILES string of the molecule is NCCCC(=O)N1C[C@@H](O)[C@H](n2ccc3ccc(C(N)=O)nc32)C1. The van der Waals surface area contributed by atoms with Gasteiger partial charge in [-0.15, -0.1) is 0 Å². The number of aromatic nitrogens is 2. The first-order chi connectivity index (χ1) is 11.5. The fourth-order valence-electron chi connectivity index (χ4n) is 3.09. The zero-order valence-corrected chi connectivity index (χ0v) is 13.3. The number of aliphatic hydroxyl groups is 1. The van der Waals surface area contributed by atoms with Gasteiger partial charge in [-0.2, -0.15) is 0 Å². The van der Waals surface area contributed by atoms with Crippen LogP contribution in [0.5, 0.6) is 0 Å². The van der Waals surface area contributed by atoms with E-state index in [0.29, 0.717) is 31.6 Å². The first kappa shape index (κ1) is 16.4. The summed E-state index contributed by atoms with van der Waals surface area (Å²) in [7, 11) is 0. The lowest BCUT2D eigenvalue weighted by Crippen LogP contribution is -2.29. The van der Waals surface area contributed by atoms with E-state index in [1.165, 1.54) is 0 Å². The van der Waals surface area contributed by atoms with Crippen LogP contribution in [0.15, 0.2) is 24.4 Å². The molecule has 0 radical (unpaired) electrons. The van der Waals surface area contributed by atoms with Crippen molar-refractivity contribution >= 4 is 22.8 Å². The van der Waals surface area contributed by atoms with Crippen molar-refractivity contribution in [2.45, 2.75) is 25.0 Å². The number of hydrogen-bond donors (Lipinski definition) is 3. The number of nitrogens with zero attached hydrogens (tertiary/aromatic N) is 3. The van der Waals surface area contributed by atoms with Crippen molar-refractivity contribution in [1.82, 2.24) is 14.5 Å². The highest BCUT2D eigenvalue weighted by Crippen LogP contribution is 2.27. The Bertz CT molecular complexity index is 772. The standard InChI is InChI=1S/C16H21N5O3/c17-6-1-2-14(23)20-8-12(13(22)9-20)21-7-5-10-3-4-11(15(18)24)19-16(10)21/h3-5,7,12-13,22H,1-2,6,8-9,17H2,(H2,18,24)/t12-,13-/m1/s1. The van der Waals surface area contributed by atoms with Crippen LogP contribution in [0.1, 0.15) is 29.4 Å². The molecule has 0 spiro atoms. The van der Waals surface area contributed by atoms with Crippen molar-refractivity contribution in [2.24, 2.45) is 11.5 Å². The number of amides is 2. The normalized spacial score (nSPS) is 20.7. The summed E-state index contributed by atoms with van der Waals surface area (Å²) in [5, 5.41) is 11.2. The van der Waals surface area contributed by atoms with Gasteiger partial charge in [0.05, 0.1) is 12.1 Å². The van der Waals surface area contributed by atoms with Crippen LogP contribution >= 0.6 is 0 Å². The van der Waals surface area contributed by atoms with E-state index in [1.807, 2.05) is 16.8 Å². The van der Waals surface area contributed by atoms with Crippen molar-refractivity contribution in [1.29, 1.82) is 0 Å². The van der Waals surface area contributed by atoms with Crippen LogP contribution in [0.25, 0.3) is 11.0 Å². The number of fused-ring (bicyclic) bond motifs is 1. The Balaban J connectivity index is 1.86. The molecule has 0 aromatic carbocycles. The molecule has 0 unspecified atom stereocenters. The van der Waals surface area contributed by atoms with Gasteiger partial charge in [0.15, 0.2) is 0 Å². The monoisotopic (exact) mass is 331 g/mol. The Kier molecular flexibility index (Phi) is 4.50. The van der Waals surface area contributed by atoms with Crippen LogP contribution in [0, 0.1) is 0 Å². The second-order valence-electron chi connectivity index (χ2n) is 6.02. The third-order valence-corrected chi connectivity index (χ3v) is 4.38. The van der Waals surface area contributed by atoms with Crippen LogP contribution in [0.2, 0.25) is 0 Å². The molecule has 0 bridgehead atoms. The highest BCUT2D eigenvalue weighted by atomic mass is 16.3. The summed E-state index contributed by atoms with van der Waals surface area (Å²) in [4.78, 5) is 29.4. The van der Waals surface area contributed by atoms with Crippen LogP contribution in [-0.2, 0) is 4.79 Å². The fourth-order valence-corrected chi connectivity index (χ4v) is 3.09. The van der Waals surface area contributed by atoms with Gasteiger partial charge in [0.2, 0.25) is 5.91 Å². The molecule has 2 amide bonds. The fraction of sp³-hybridized carbons (Fsp3) is 0.438. The Morgan fingerprint density at radius 3 is 2.79 bits per heavy atom. The molecule has 24 heavy (non-hydrogen) atoms. The van der Waals surface area contributed by atoms with Gasteiger partial charge in [-0.3, -0.25) is 9.59 Å². The summed E-state index contributed by atoms with van der Waals surface area (Å²) >= 11 is 0. The molecule has 1 aliphatic heterocycles. The summed E-state index contributed by atoms with van der Waals surface area (Å²) in [5.74, 6) is -0.612. The summed E-state index contributed by atoms with van der Waals surface area (Å²) in [5.41, 5.74) is 11.5. The molecule has 2 atom stereocenters. The summed E-state index contributed by atoms with van der Waals surface area (Å²) in [6, 6.07) is 4.89. The maximum absolute atomic E-state index is 12.1. The lowest BCUT2D eigenvalue weighted by atomic mass is 10.2. The first-order valence-corrected chi connectivity index (χ1v) is 7.94. The molecule has 3 rings (SSSR count). The van der Waals surface area contributed by atoms with Crippen molar-refractivity contribution in [2.75, 3.05) is 19.6 Å². The van der Waals surface area contributed by atoms with Gasteiger partial charge in [0.25, 0.3) is 5.91 Å². The van der Waals surface area contributed by atoms with E-state index in [4.69, 9.17) is 11.5 Å². The number of likely N-dealkylation sites (tertiary alicyclic amines) is 1. The maximum Gasteiger partial charge on any atom is 0.267 e. The van der Waals surface area contributed by atoms with E-state index in [2.05, 4.69) is 4.98 Å². The predicted octanol–water partition coefficient (Wildman–Crippen LogP) is -0.382. The molecule has 2 aromatic rings. The second kappa shape index (κ2) is 6.58. The van der Waals surface area contributed by atoms with Crippen molar-refractivity contribution in [3.63, 3.8) is 0 Å². The molecule has 0 saturated carbocycles. The van der Waals surface area contributed by atoms with Crippen LogP contribution in [0.4, 0.5) is 0 Å².